The van der Waals surface area contributed by atoms with Crippen molar-refractivity contribution in [2.24, 2.45) is 0 Å². The predicted molar refractivity (Wildman–Crippen MR) is 108 cm³/mol. The number of hydrogen-bond acceptors (Lipinski definition) is 4. The van der Waals surface area contributed by atoms with Crippen molar-refractivity contribution in [3.05, 3.63) is 59.7 Å². The van der Waals surface area contributed by atoms with Gasteiger partial charge >= 0.3 is 6.18 Å². The number of halogens is 3. The highest BCUT2D eigenvalue weighted by molar-refractivity contribution is 8.00. The Labute approximate surface area is 172 Å². The van der Waals surface area contributed by atoms with Gasteiger partial charge in [-0.15, -0.1) is 11.8 Å². The standard InChI is InChI=1S/C21H23F3N2O2S/c1-25(2)10-5-11-26-19(27)14-29-20(26)15-6-3-8-17(12-15)28-18-9-4-7-16(13-18)21(22,23)24/h3-4,6-9,12-13,20H,5,10-11,14H2,1-2H3. The second-order valence-electron chi connectivity index (χ2n) is 7.11. The predicted octanol–water partition coefficient (Wildman–Crippen LogP) is 5.02. The zero-order valence-corrected chi connectivity index (χ0v) is 17.1. The minimum absolute atomic E-state index is 0.1000. The molecule has 3 rings (SSSR count). The Morgan fingerprint density at radius 3 is 2.52 bits per heavy atom. The summed E-state index contributed by atoms with van der Waals surface area (Å²) >= 11 is 1.55. The van der Waals surface area contributed by atoms with Crippen molar-refractivity contribution in [2.45, 2.75) is 18.0 Å². The zero-order chi connectivity index (χ0) is 21.0. The Morgan fingerprint density at radius 2 is 1.83 bits per heavy atom. The molecule has 0 aromatic heterocycles. The lowest BCUT2D eigenvalue weighted by atomic mass is 10.2. The van der Waals surface area contributed by atoms with Gasteiger partial charge in [0.25, 0.3) is 0 Å². The van der Waals surface area contributed by atoms with Crippen molar-refractivity contribution in [2.75, 3.05) is 32.9 Å². The first-order chi connectivity index (χ1) is 13.7. The SMILES string of the molecule is CN(C)CCCN1C(=O)CSC1c1cccc(Oc2cccc(C(F)(F)F)c2)c1. The van der Waals surface area contributed by atoms with E-state index in [2.05, 4.69) is 4.90 Å². The lowest BCUT2D eigenvalue weighted by Crippen LogP contribution is -2.31. The van der Waals surface area contributed by atoms with E-state index < -0.39 is 11.7 Å². The van der Waals surface area contributed by atoms with Crippen molar-refractivity contribution in [1.29, 1.82) is 0 Å². The van der Waals surface area contributed by atoms with Crippen LogP contribution in [0.1, 0.15) is 22.9 Å². The van der Waals surface area contributed by atoms with Gasteiger partial charge in [-0.2, -0.15) is 13.2 Å². The number of hydrogen-bond donors (Lipinski definition) is 0. The van der Waals surface area contributed by atoms with E-state index in [1.165, 1.54) is 12.1 Å². The summed E-state index contributed by atoms with van der Waals surface area (Å²) in [6.45, 7) is 1.55. The minimum Gasteiger partial charge on any atom is -0.457 e. The molecule has 1 unspecified atom stereocenters. The van der Waals surface area contributed by atoms with Gasteiger partial charge in [0, 0.05) is 6.54 Å². The van der Waals surface area contributed by atoms with Crippen LogP contribution in [0, 0.1) is 0 Å². The fraction of sp³-hybridized carbons (Fsp3) is 0.381. The number of rotatable bonds is 7. The van der Waals surface area contributed by atoms with Crippen LogP contribution in [-0.2, 0) is 11.0 Å². The first-order valence-electron chi connectivity index (χ1n) is 9.25. The highest BCUT2D eigenvalue weighted by Crippen LogP contribution is 2.40. The van der Waals surface area contributed by atoms with Crippen molar-refractivity contribution in [3.8, 4) is 11.5 Å². The fourth-order valence-electron chi connectivity index (χ4n) is 3.13. The molecule has 1 heterocycles. The van der Waals surface area contributed by atoms with E-state index in [-0.39, 0.29) is 17.0 Å². The number of thioether (sulfide) groups is 1. The van der Waals surface area contributed by atoms with Gasteiger partial charge in [-0.1, -0.05) is 18.2 Å². The number of carbonyl (C=O) groups is 1. The van der Waals surface area contributed by atoms with Gasteiger partial charge in [0.1, 0.15) is 16.9 Å². The molecule has 4 nitrogen and oxygen atoms in total. The van der Waals surface area contributed by atoms with Crippen molar-refractivity contribution < 1.29 is 22.7 Å². The topological polar surface area (TPSA) is 32.8 Å². The van der Waals surface area contributed by atoms with Crippen LogP contribution >= 0.6 is 11.8 Å². The van der Waals surface area contributed by atoms with Gasteiger partial charge in [0.05, 0.1) is 11.3 Å². The molecule has 1 amide bonds. The molecule has 0 N–H and O–H groups in total. The van der Waals surface area contributed by atoms with E-state index in [1.54, 1.807) is 30.0 Å². The largest absolute Gasteiger partial charge is 0.457 e. The normalized spacial score (nSPS) is 17.2. The molecule has 0 radical (unpaired) electrons. The summed E-state index contributed by atoms with van der Waals surface area (Å²) in [5.41, 5.74) is 0.144. The van der Waals surface area contributed by atoms with E-state index >= 15 is 0 Å². The Morgan fingerprint density at radius 1 is 1.14 bits per heavy atom. The van der Waals surface area contributed by atoms with Crippen LogP contribution < -0.4 is 4.74 Å². The van der Waals surface area contributed by atoms with Gasteiger partial charge in [0.2, 0.25) is 5.91 Å². The third-order valence-corrected chi connectivity index (χ3v) is 5.77. The number of benzene rings is 2. The summed E-state index contributed by atoms with van der Waals surface area (Å²) in [4.78, 5) is 16.2. The number of carbonyl (C=O) groups excluding carboxylic acids is 1. The van der Waals surface area contributed by atoms with Crippen LogP contribution in [0.25, 0.3) is 0 Å². The molecule has 156 valence electrons. The maximum Gasteiger partial charge on any atom is 0.416 e. The summed E-state index contributed by atoms with van der Waals surface area (Å²) in [6, 6.07) is 12.0. The van der Waals surface area contributed by atoms with E-state index in [9.17, 15) is 18.0 Å². The summed E-state index contributed by atoms with van der Waals surface area (Å²) in [6.07, 6.45) is -3.55. The van der Waals surface area contributed by atoms with Crippen molar-refractivity contribution in [3.63, 3.8) is 0 Å². The molecule has 0 bridgehead atoms. The van der Waals surface area contributed by atoms with E-state index in [1.807, 2.05) is 25.1 Å². The molecular formula is C21H23F3N2O2S. The number of nitrogens with zero attached hydrogens (tertiary/aromatic N) is 2. The molecule has 1 atom stereocenters. The number of ether oxygens (including phenoxy) is 1. The summed E-state index contributed by atoms with van der Waals surface area (Å²) in [7, 11) is 3.99. The van der Waals surface area contributed by atoms with E-state index in [4.69, 9.17) is 4.74 Å². The summed E-state index contributed by atoms with van der Waals surface area (Å²) < 4.78 is 44.4. The van der Waals surface area contributed by atoms with E-state index in [0.717, 1.165) is 30.7 Å². The van der Waals surface area contributed by atoms with Crippen LogP contribution in [0.4, 0.5) is 13.2 Å². The number of alkyl halides is 3. The Hall–Kier alpha value is -2.19. The molecule has 2 aromatic carbocycles. The molecule has 2 aromatic rings. The summed E-state index contributed by atoms with van der Waals surface area (Å²) in [5.74, 6) is 1.08. The molecule has 1 aliphatic heterocycles. The second kappa shape index (κ2) is 9.09. The monoisotopic (exact) mass is 424 g/mol. The molecular weight excluding hydrogens is 401 g/mol. The van der Waals surface area contributed by atoms with Gasteiger partial charge in [-0.05, 0) is 63.0 Å². The van der Waals surface area contributed by atoms with Gasteiger partial charge in [0.15, 0.2) is 0 Å². The average Bonchev–Trinajstić information content (AvgIpc) is 3.02. The average molecular weight is 424 g/mol. The van der Waals surface area contributed by atoms with Crippen molar-refractivity contribution >= 4 is 17.7 Å². The van der Waals surface area contributed by atoms with Crippen LogP contribution in [0.5, 0.6) is 11.5 Å². The smallest absolute Gasteiger partial charge is 0.416 e. The highest BCUT2D eigenvalue weighted by Gasteiger charge is 2.33. The Balaban J connectivity index is 1.74. The van der Waals surface area contributed by atoms with Gasteiger partial charge in [-0.3, -0.25) is 4.79 Å². The quantitative estimate of drug-likeness (QED) is 0.625. The van der Waals surface area contributed by atoms with Crippen LogP contribution in [0.2, 0.25) is 0 Å². The molecule has 8 heteroatoms. The highest BCUT2D eigenvalue weighted by atomic mass is 32.2. The molecule has 0 spiro atoms. The number of amides is 1. The van der Waals surface area contributed by atoms with Gasteiger partial charge in [-0.25, -0.2) is 0 Å². The maximum atomic E-state index is 12.9. The Kier molecular flexibility index (Phi) is 6.74. The lowest BCUT2D eigenvalue weighted by molar-refractivity contribution is -0.137. The molecule has 1 aliphatic rings. The van der Waals surface area contributed by atoms with Crippen LogP contribution in [0.3, 0.4) is 0 Å². The van der Waals surface area contributed by atoms with E-state index in [0.29, 0.717) is 18.0 Å². The first kappa shape index (κ1) is 21.5. The van der Waals surface area contributed by atoms with Crippen LogP contribution in [-0.4, -0.2) is 48.6 Å². The first-order valence-corrected chi connectivity index (χ1v) is 10.3. The lowest BCUT2D eigenvalue weighted by Gasteiger charge is -2.25. The third kappa shape index (κ3) is 5.67. The van der Waals surface area contributed by atoms with Gasteiger partial charge < -0.3 is 14.5 Å². The van der Waals surface area contributed by atoms with Crippen LogP contribution in [0.15, 0.2) is 48.5 Å². The zero-order valence-electron chi connectivity index (χ0n) is 16.3. The third-order valence-electron chi connectivity index (χ3n) is 4.51. The minimum atomic E-state index is -4.42. The fourth-order valence-corrected chi connectivity index (χ4v) is 4.34. The maximum absolute atomic E-state index is 12.9. The molecule has 1 saturated heterocycles. The molecule has 0 saturated carbocycles. The molecule has 1 fully saturated rings. The van der Waals surface area contributed by atoms with Crippen molar-refractivity contribution in [1.82, 2.24) is 9.80 Å². The molecule has 29 heavy (non-hydrogen) atoms. The molecule has 0 aliphatic carbocycles. The summed E-state index contributed by atoms with van der Waals surface area (Å²) in [5, 5.41) is -0.116. The Bertz CT molecular complexity index is 858. The second-order valence-corrected chi connectivity index (χ2v) is 8.18.